The van der Waals surface area contributed by atoms with Crippen LogP contribution in [-0.2, 0) is 0 Å². The van der Waals surface area contributed by atoms with Crippen molar-refractivity contribution in [3.8, 4) is 0 Å². The van der Waals surface area contributed by atoms with Crippen LogP contribution >= 0.6 is 15.9 Å². The molecule has 0 amide bonds. The van der Waals surface area contributed by atoms with E-state index >= 15 is 0 Å². The number of aliphatic hydroxyl groups excluding tert-OH is 1. The van der Waals surface area contributed by atoms with Gasteiger partial charge in [-0.05, 0) is 43.9 Å². The van der Waals surface area contributed by atoms with Gasteiger partial charge in [-0.2, -0.15) is 0 Å². The maximum Gasteiger partial charge on any atom is 0.0431 e. The van der Waals surface area contributed by atoms with Gasteiger partial charge in [0.15, 0.2) is 0 Å². The minimum atomic E-state index is 0.0447. The summed E-state index contributed by atoms with van der Waals surface area (Å²) in [5.41, 5.74) is 8.21. The Morgan fingerprint density at radius 2 is 2.06 bits per heavy atom. The third-order valence-electron chi connectivity index (χ3n) is 3.07. The molecule has 0 aromatic heterocycles. The monoisotopic (exact) mass is 314 g/mol. The van der Waals surface area contributed by atoms with Crippen LogP contribution in [0.3, 0.4) is 0 Å². The summed E-state index contributed by atoms with van der Waals surface area (Å²) in [6.07, 6.45) is 3.06. The quantitative estimate of drug-likeness (QED) is 0.760. The number of hydrogen-bond donors (Lipinski definition) is 2. The summed E-state index contributed by atoms with van der Waals surface area (Å²) in [6.45, 7) is 3.28. The molecule has 0 fully saturated rings. The van der Waals surface area contributed by atoms with Gasteiger partial charge < -0.3 is 15.7 Å². The van der Waals surface area contributed by atoms with Crippen molar-refractivity contribution in [3.63, 3.8) is 0 Å². The molecule has 4 heteroatoms. The van der Waals surface area contributed by atoms with E-state index in [1.807, 2.05) is 6.92 Å². The zero-order valence-corrected chi connectivity index (χ0v) is 12.8. The first-order valence-electron chi connectivity index (χ1n) is 6.43. The Morgan fingerprint density at radius 1 is 1.33 bits per heavy atom. The fourth-order valence-corrected chi connectivity index (χ4v) is 2.62. The molecule has 0 heterocycles. The largest absolute Gasteiger partial charge is 0.396 e. The lowest BCUT2D eigenvalue weighted by atomic mass is 10.1. The molecular weight excluding hydrogens is 292 g/mol. The number of halogens is 1. The van der Waals surface area contributed by atoms with Crippen LogP contribution in [-0.4, -0.2) is 25.3 Å². The topological polar surface area (TPSA) is 49.5 Å². The van der Waals surface area contributed by atoms with Crippen molar-refractivity contribution in [2.45, 2.75) is 32.2 Å². The van der Waals surface area contributed by atoms with Gasteiger partial charge in [-0.3, -0.25) is 0 Å². The highest BCUT2D eigenvalue weighted by atomic mass is 79.9. The van der Waals surface area contributed by atoms with E-state index in [-0.39, 0.29) is 6.04 Å². The first-order chi connectivity index (χ1) is 8.56. The molecule has 18 heavy (non-hydrogen) atoms. The molecule has 1 unspecified atom stereocenters. The lowest BCUT2D eigenvalue weighted by Crippen LogP contribution is -2.18. The van der Waals surface area contributed by atoms with Crippen molar-refractivity contribution >= 4 is 21.6 Å². The zero-order chi connectivity index (χ0) is 13.5. The summed E-state index contributed by atoms with van der Waals surface area (Å²) in [5.74, 6) is 0. The van der Waals surface area contributed by atoms with Gasteiger partial charge in [-0.15, -0.1) is 0 Å². The Hall–Kier alpha value is -0.580. The van der Waals surface area contributed by atoms with Gasteiger partial charge in [0.1, 0.15) is 0 Å². The second kappa shape index (κ2) is 7.77. The van der Waals surface area contributed by atoms with E-state index in [2.05, 4.69) is 46.1 Å². The maximum absolute atomic E-state index is 8.74. The average molecular weight is 315 g/mol. The van der Waals surface area contributed by atoms with Crippen LogP contribution < -0.4 is 10.6 Å². The Labute approximate surface area is 118 Å². The van der Waals surface area contributed by atoms with E-state index in [0.29, 0.717) is 6.61 Å². The minimum Gasteiger partial charge on any atom is -0.396 e. The van der Waals surface area contributed by atoms with Crippen LogP contribution in [0, 0.1) is 0 Å². The summed E-state index contributed by atoms with van der Waals surface area (Å²) in [5, 5.41) is 8.74. The Balaban J connectivity index is 2.58. The number of anilines is 1. The molecule has 0 bridgehead atoms. The molecule has 1 aromatic carbocycles. The number of unbranched alkanes of at least 4 members (excludes halogenated alkanes) is 2. The number of benzene rings is 1. The van der Waals surface area contributed by atoms with Gasteiger partial charge >= 0.3 is 0 Å². The predicted octanol–water partition coefficient (Wildman–Crippen LogP) is 3.07. The molecule has 0 aliphatic carbocycles. The Bertz CT molecular complexity index is 369. The first-order valence-corrected chi connectivity index (χ1v) is 7.22. The molecule has 3 N–H and O–H groups in total. The highest BCUT2D eigenvalue weighted by Gasteiger charge is 2.07. The van der Waals surface area contributed by atoms with E-state index in [9.17, 15) is 0 Å². The normalized spacial score (nSPS) is 12.5. The number of nitrogens with two attached hydrogens (primary N) is 1. The molecule has 1 atom stereocenters. The second-order valence-corrected chi connectivity index (χ2v) is 5.55. The van der Waals surface area contributed by atoms with Gasteiger partial charge in [0.25, 0.3) is 0 Å². The van der Waals surface area contributed by atoms with E-state index in [1.54, 1.807) is 0 Å². The van der Waals surface area contributed by atoms with Crippen LogP contribution in [0.4, 0.5) is 5.69 Å². The Kier molecular flexibility index (Phi) is 6.68. The molecule has 0 saturated carbocycles. The van der Waals surface area contributed by atoms with E-state index in [1.165, 1.54) is 5.69 Å². The fraction of sp³-hybridized carbons (Fsp3) is 0.571. The fourth-order valence-electron chi connectivity index (χ4n) is 1.89. The smallest absolute Gasteiger partial charge is 0.0431 e. The van der Waals surface area contributed by atoms with E-state index < -0.39 is 0 Å². The summed E-state index contributed by atoms with van der Waals surface area (Å²) in [7, 11) is 2.09. The van der Waals surface area contributed by atoms with Gasteiger partial charge in [0.2, 0.25) is 0 Å². The van der Waals surface area contributed by atoms with Crippen molar-refractivity contribution in [2.24, 2.45) is 5.73 Å². The van der Waals surface area contributed by atoms with Crippen LogP contribution in [0.15, 0.2) is 22.7 Å². The lowest BCUT2D eigenvalue weighted by molar-refractivity contribution is 0.283. The molecule has 0 spiro atoms. The average Bonchev–Trinajstić information content (AvgIpc) is 2.33. The maximum atomic E-state index is 8.74. The molecule has 0 radical (unpaired) electrons. The number of rotatable bonds is 7. The molecule has 0 saturated heterocycles. The van der Waals surface area contributed by atoms with Crippen LogP contribution in [0.1, 0.15) is 37.8 Å². The Morgan fingerprint density at radius 3 is 2.61 bits per heavy atom. The van der Waals surface area contributed by atoms with E-state index in [4.69, 9.17) is 10.8 Å². The zero-order valence-electron chi connectivity index (χ0n) is 11.2. The van der Waals surface area contributed by atoms with Crippen molar-refractivity contribution in [2.75, 3.05) is 25.1 Å². The van der Waals surface area contributed by atoms with Gasteiger partial charge in [-0.25, -0.2) is 0 Å². The van der Waals surface area contributed by atoms with E-state index in [0.717, 1.165) is 35.8 Å². The molecule has 1 aromatic rings. The SMILES string of the molecule is CC(N)c1ccc(N(C)CCCCCO)cc1Br. The van der Waals surface area contributed by atoms with Crippen LogP contribution in [0.25, 0.3) is 0 Å². The van der Waals surface area contributed by atoms with Gasteiger partial charge in [0.05, 0.1) is 0 Å². The standard InChI is InChI=1S/C14H23BrN2O/c1-11(16)13-7-6-12(10-14(13)15)17(2)8-4-3-5-9-18/h6-7,10-11,18H,3-5,8-9,16H2,1-2H3. The van der Waals surface area contributed by atoms with Crippen LogP contribution in [0.2, 0.25) is 0 Å². The third-order valence-corrected chi connectivity index (χ3v) is 3.75. The third kappa shape index (κ3) is 4.59. The van der Waals surface area contributed by atoms with Crippen molar-refractivity contribution in [3.05, 3.63) is 28.2 Å². The summed E-state index contributed by atoms with van der Waals surface area (Å²) in [4.78, 5) is 2.23. The van der Waals surface area contributed by atoms with Crippen molar-refractivity contribution in [1.29, 1.82) is 0 Å². The van der Waals surface area contributed by atoms with Gasteiger partial charge in [0, 0.05) is 36.4 Å². The second-order valence-electron chi connectivity index (χ2n) is 4.70. The van der Waals surface area contributed by atoms with Crippen LogP contribution in [0.5, 0.6) is 0 Å². The summed E-state index contributed by atoms with van der Waals surface area (Å²) >= 11 is 3.57. The highest BCUT2D eigenvalue weighted by molar-refractivity contribution is 9.10. The predicted molar refractivity (Wildman–Crippen MR) is 81.0 cm³/mol. The molecule has 0 aliphatic rings. The van der Waals surface area contributed by atoms with Crippen molar-refractivity contribution in [1.82, 2.24) is 0 Å². The molecule has 1 rings (SSSR count). The lowest BCUT2D eigenvalue weighted by Gasteiger charge is -2.21. The number of hydrogen-bond acceptors (Lipinski definition) is 3. The molecule has 0 aliphatic heterocycles. The minimum absolute atomic E-state index is 0.0447. The summed E-state index contributed by atoms with van der Waals surface area (Å²) < 4.78 is 1.07. The molecule has 3 nitrogen and oxygen atoms in total. The van der Waals surface area contributed by atoms with Gasteiger partial charge in [-0.1, -0.05) is 22.0 Å². The molecule has 102 valence electrons. The highest BCUT2D eigenvalue weighted by Crippen LogP contribution is 2.27. The number of nitrogens with zero attached hydrogens (tertiary/aromatic N) is 1. The van der Waals surface area contributed by atoms with Crippen molar-refractivity contribution < 1.29 is 5.11 Å². The first kappa shape index (κ1) is 15.5. The number of aliphatic hydroxyl groups is 1. The molecular formula is C14H23BrN2O. The summed E-state index contributed by atoms with van der Waals surface area (Å²) in [6, 6.07) is 6.34.